The Hall–Kier alpha value is -0.830. The predicted molar refractivity (Wildman–Crippen MR) is 58.3 cm³/mol. The summed E-state index contributed by atoms with van der Waals surface area (Å²) in [4.78, 5) is 11.3. The van der Waals surface area contributed by atoms with Gasteiger partial charge in [0.25, 0.3) is 0 Å². The average Bonchev–Trinajstić information content (AvgIpc) is 2.08. The van der Waals surface area contributed by atoms with Crippen LogP contribution in [0.3, 0.4) is 0 Å². The molecule has 0 heterocycles. The van der Waals surface area contributed by atoms with Crippen molar-refractivity contribution in [2.24, 2.45) is 0 Å². The SMILES string of the molecule is Cc1ccc(C(=O)C(C)Br)cc1N. The summed E-state index contributed by atoms with van der Waals surface area (Å²) in [6, 6.07) is 5.37. The van der Waals surface area contributed by atoms with Crippen molar-refractivity contribution >= 4 is 27.4 Å². The standard InChI is InChI=1S/C10H12BrNO/c1-6-3-4-8(5-9(6)12)10(13)7(2)11/h3-5,7H,12H2,1-2H3. The van der Waals surface area contributed by atoms with Gasteiger partial charge in [0.05, 0.1) is 4.83 Å². The van der Waals surface area contributed by atoms with Gasteiger partial charge in [0.1, 0.15) is 0 Å². The molecule has 1 atom stereocenters. The first kappa shape index (κ1) is 10.3. The number of hydrogen-bond acceptors (Lipinski definition) is 2. The van der Waals surface area contributed by atoms with Crippen molar-refractivity contribution in [2.45, 2.75) is 18.7 Å². The molecule has 0 aliphatic heterocycles. The van der Waals surface area contributed by atoms with E-state index < -0.39 is 0 Å². The molecule has 70 valence electrons. The average molecular weight is 242 g/mol. The van der Waals surface area contributed by atoms with E-state index in [1.807, 2.05) is 13.0 Å². The Morgan fingerprint density at radius 1 is 1.54 bits per heavy atom. The molecule has 2 N–H and O–H groups in total. The first-order chi connectivity index (χ1) is 6.02. The molecule has 13 heavy (non-hydrogen) atoms. The Morgan fingerprint density at radius 3 is 2.62 bits per heavy atom. The molecule has 1 aromatic carbocycles. The molecule has 1 aromatic rings. The number of rotatable bonds is 2. The zero-order valence-corrected chi connectivity index (χ0v) is 9.26. The van der Waals surface area contributed by atoms with Crippen LogP contribution >= 0.6 is 15.9 Å². The van der Waals surface area contributed by atoms with Gasteiger partial charge < -0.3 is 5.73 Å². The minimum atomic E-state index is -0.158. The Kier molecular flexibility index (Phi) is 3.09. The fourth-order valence-electron chi connectivity index (χ4n) is 1.02. The van der Waals surface area contributed by atoms with E-state index in [1.165, 1.54) is 0 Å². The maximum absolute atomic E-state index is 11.5. The number of benzene rings is 1. The molecular weight excluding hydrogens is 230 g/mol. The summed E-state index contributed by atoms with van der Waals surface area (Å²) >= 11 is 3.23. The van der Waals surface area contributed by atoms with Crippen molar-refractivity contribution in [1.29, 1.82) is 0 Å². The van der Waals surface area contributed by atoms with E-state index >= 15 is 0 Å². The van der Waals surface area contributed by atoms with E-state index in [4.69, 9.17) is 5.73 Å². The highest BCUT2D eigenvalue weighted by Crippen LogP contribution is 2.16. The topological polar surface area (TPSA) is 43.1 Å². The number of nitrogen functional groups attached to an aromatic ring is 1. The monoisotopic (exact) mass is 241 g/mol. The van der Waals surface area contributed by atoms with Crippen LogP contribution in [0.5, 0.6) is 0 Å². The number of hydrogen-bond donors (Lipinski definition) is 1. The van der Waals surface area contributed by atoms with Gasteiger partial charge in [0, 0.05) is 11.3 Å². The normalized spacial score (nSPS) is 12.5. The largest absolute Gasteiger partial charge is 0.398 e. The van der Waals surface area contributed by atoms with E-state index in [9.17, 15) is 4.79 Å². The number of carbonyl (C=O) groups excluding carboxylic acids is 1. The lowest BCUT2D eigenvalue weighted by Gasteiger charge is -2.05. The van der Waals surface area contributed by atoms with Crippen LogP contribution < -0.4 is 5.73 Å². The highest BCUT2D eigenvalue weighted by molar-refractivity contribution is 9.10. The molecular formula is C10H12BrNO. The van der Waals surface area contributed by atoms with Crippen molar-refractivity contribution in [1.82, 2.24) is 0 Å². The lowest BCUT2D eigenvalue weighted by molar-refractivity contribution is 0.0996. The minimum Gasteiger partial charge on any atom is -0.398 e. The van der Waals surface area contributed by atoms with Crippen molar-refractivity contribution in [3.05, 3.63) is 29.3 Å². The van der Waals surface area contributed by atoms with Crippen LogP contribution in [0.4, 0.5) is 5.69 Å². The summed E-state index contributed by atoms with van der Waals surface area (Å²) in [6.07, 6.45) is 0. The zero-order valence-electron chi connectivity index (χ0n) is 7.67. The van der Waals surface area contributed by atoms with Gasteiger partial charge in [0.2, 0.25) is 0 Å². The summed E-state index contributed by atoms with van der Waals surface area (Å²) in [7, 11) is 0. The van der Waals surface area contributed by atoms with Crippen molar-refractivity contribution in [3.63, 3.8) is 0 Å². The summed E-state index contributed by atoms with van der Waals surface area (Å²) in [5.74, 6) is 0.0618. The smallest absolute Gasteiger partial charge is 0.176 e. The van der Waals surface area contributed by atoms with Gasteiger partial charge >= 0.3 is 0 Å². The van der Waals surface area contributed by atoms with Gasteiger partial charge in [-0.2, -0.15) is 0 Å². The molecule has 0 saturated carbocycles. The molecule has 0 spiro atoms. The number of alkyl halides is 1. The molecule has 0 radical (unpaired) electrons. The molecule has 0 aliphatic carbocycles. The number of ketones is 1. The van der Waals surface area contributed by atoms with Crippen LogP contribution in [0.15, 0.2) is 18.2 Å². The highest BCUT2D eigenvalue weighted by atomic mass is 79.9. The molecule has 3 heteroatoms. The van der Waals surface area contributed by atoms with E-state index in [0.717, 1.165) is 5.56 Å². The zero-order chi connectivity index (χ0) is 10.0. The summed E-state index contributed by atoms with van der Waals surface area (Å²) in [6.45, 7) is 3.72. The van der Waals surface area contributed by atoms with Crippen LogP contribution in [0, 0.1) is 6.92 Å². The van der Waals surface area contributed by atoms with Gasteiger partial charge in [-0.15, -0.1) is 0 Å². The number of Topliss-reactive ketones (excluding diaryl/α,β-unsaturated/α-hetero) is 1. The second-order valence-corrected chi connectivity index (χ2v) is 4.43. The van der Waals surface area contributed by atoms with E-state index in [-0.39, 0.29) is 10.6 Å². The molecule has 0 bridgehead atoms. The van der Waals surface area contributed by atoms with E-state index in [1.54, 1.807) is 19.1 Å². The maximum atomic E-state index is 11.5. The molecule has 1 rings (SSSR count). The molecule has 0 saturated heterocycles. The third-order valence-corrected chi connectivity index (χ3v) is 2.34. The van der Waals surface area contributed by atoms with Gasteiger partial charge in [-0.25, -0.2) is 0 Å². The van der Waals surface area contributed by atoms with Crippen LogP contribution in [0.2, 0.25) is 0 Å². The Bertz CT molecular complexity index is 334. The number of nitrogens with two attached hydrogens (primary N) is 1. The lowest BCUT2D eigenvalue weighted by Crippen LogP contribution is -2.10. The maximum Gasteiger partial charge on any atom is 0.176 e. The molecule has 0 fully saturated rings. The molecule has 1 unspecified atom stereocenters. The van der Waals surface area contributed by atoms with Crippen LogP contribution in [-0.2, 0) is 0 Å². The Labute approximate surface area is 86.3 Å². The fraction of sp³-hybridized carbons (Fsp3) is 0.300. The quantitative estimate of drug-likeness (QED) is 0.492. The third-order valence-electron chi connectivity index (χ3n) is 1.93. The Balaban J connectivity index is 3.04. The molecule has 2 nitrogen and oxygen atoms in total. The number of anilines is 1. The second-order valence-electron chi connectivity index (χ2n) is 3.05. The predicted octanol–water partition coefficient (Wildman–Crippen LogP) is 2.54. The number of carbonyl (C=O) groups is 1. The second kappa shape index (κ2) is 3.92. The van der Waals surface area contributed by atoms with E-state index in [2.05, 4.69) is 15.9 Å². The lowest BCUT2D eigenvalue weighted by atomic mass is 10.1. The Morgan fingerprint density at radius 2 is 2.15 bits per heavy atom. The molecule has 0 aliphatic rings. The summed E-state index contributed by atoms with van der Waals surface area (Å²) in [5, 5.41) is 0. The fourth-order valence-corrected chi connectivity index (χ4v) is 1.29. The van der Waals surface area contributed by atoms with Gasteiger partial charge in [-0.3, -0.25) is 4.79 Å². The highest BCUT2D eigenvalue weighted by Gasteiger charge is 2.11. The number of aryl methyl sites for hydroxylation is 1. The molecule has 0 aromatic heterocycles. The number of halogens is 1. The minimum absolute atomic E-state index is 0.0618. The first-order valence-electron chi connectivity index (χ1n) is 4.07. The van der Waals surface area contributed by atoms with Crippen molar-refractivity contribution in [2.75, 3.05) is 5.73 Å². The van der Waals surface area contributed by atoms with Gasteiger partial charge in [-0.1, -0.05) is 28.1 Å². The van der Waals surface area contributed by atoms with Crippen molar-refractivity contribution in [3.8, 4) is 0 Å². The van der Waals surface area contributed by atoms with E-state index in [0.29, 0.717) is 11.3 Å². The summed E-state index contributed by atoms with van der Waals surface area (Å²) in [5.41, 5.74) is 8.02. The summed E-state index contributed by atoms with van der Waals surface area (Å²) < 4.78 is 0. The molecule has 0 amide bonds. The third kappa shape index (κ3) is 2.31. The first-order valence-corrected chi connectivity index (χ1v) is 4.98. The van der Waals surface area contributed by atoms with Crippen LogP contribution in [0.25, 0.3) is 0 Å². The van der Waals surface area contributed by atoms with Crippen LogP contribution in [0.1, 0.15) is 22.8 Å². The van der Waals surface area contributed by atoms with Crippen molar-refractivity contribution < 1.29 is 4.79 Å². The van der Waals surface area contributed by atoms with Crippen LogP contribution in [-0.4, -0.2) is 10.6 Å². The van der Waals surface area contributed by atoms with Gasteiger partial charge in [-0.05, 0) is 25.5 Å². The van der Waals surface area contributed by atoms with Gasteiger partial charge in [0.15, 0.2) is 5.78 Å².